The van der Waals surface area contributed by atoms with E-state index in [-0.39, 0.29) is 19.6 Å². The molecule has 0 saturated heterocycles. The van der Waals surface area contributed by atoms with Crippen LogP contribution in [0.3, 0.4) is 0 Å². The molecule has 0 aliphatic carbocycles. The van der Waals surface area contributed by atoms with Gasteiger partial charge in [0.15, 0.2) is 5.78 Å². The summed E-state index contributed by atoms with van der Waals surface area (Å²) in [6.45, 7) is 3.44. The van der Waals surface area contributed by atoms with Crippen LogP contribution in [0.5, 0.6) is 0 Å². The fourth-order valence-electron chi connectivity index (χ4n) is 0.976. The van der Waals surface area contributed by atoms with Crippen molar-refractivity contribution in [3.05, 3.63) is 0 Å². The summed E-state index contributed by atoms with van der Waals surface area (Å²) < 4.78 is 20.2. The molecule has 0 spiro atoms. The summed E-state index contributed by atoms with van der Waals surface area (Å²) in [6, 6.07) is 0. The van der Waals surface area contributed by atoms with E-state index in [0.717, 1.165) is 0 Å². The molecule has 0 aromatic rings. The van der Waals surface area contributed by atoms with Gasteiger partial charge in [-0.1, -0.05) is 34.8 Å². The summed E-state index contributed by atoms with van der Waals surface area (Å²) in [5.41, 5.74) is 0. The van der Waals surface area contributed by atoms with Crippen molar-refractivity contribution >= 4 is 48.8 Å². The topological polar surface area (TPSA) is 64.6 Å². The number of hydrogen-bond acceptors (Lipinski definition) is 4. The number of nitrogens with one attached hydrogen (secondary N) is 1. The zero-order chi connectivity index (χ0) is 12.8. The molecule has 0 saturated carbocycles. The van der Waals surface area contributed by atoms with Crippen LogP contribution in [0.4, 0.5) is 0 Å². The molecular weight excluding hydrogens is 299 g/mol. The maximum absolute atomic E-state index is 12.2. The molecule has 1 atom stereocenters. The minimum Gasteiger partial charge on any atom is -0.341 e. The van der Waals surface area contributed by atoms with E-state index >= 15 is 0 Å². The molecule has 16 heavy (non-hydrogen) atoms. The Morgan fingerprint density at radius 1 is 1.31 bits per heavy atom. The van der Waals surface area contributed by atoms with Crippen molar-refractivity contribution in [2.75, 3.05) is 13.2 Å². The number of alkyl halides is 3. The van der Waals surface area contributed by atoms with Gasteiger partial charge in [-0.05, 0) is 13.8 Å². The monoisotopic (exact) mass is 311 g/mol. The predicted molar refractivity (Wildman–Crippen MR) is 64.1 cm³/mol. The third-order valence-corrected chi connectivity index (χ3v) is 4.99. The van der Waals surface area contributed by atoms with Crippen molar-refractivity contribution in [2.45, 2.75) is 23.4 Å². The second-order valence-corrected chi connectivity index (χ2v) is 7.09. The highest BCUT2D eigenvalue weighted by atomic mass is 35.6. The maximum atomic E-state index is 12.2. The first kappa shape index (κ1) is 16.5. The van der Waals surface area contributed by atoms with E-state index in [1.807, 2.05) is 0 Å². The largest absolute Gasteiger partial charge is 0.357 e. The molecule has 0 unspecified atom stereocenters. The molecule has 1 N–H and O–H groups in total. The van der Waals surface area contributed by atoms with Crippen LogP contribution in [-0.2, 0) is 18.4 Å². The van der Waals surface area contributed by atoms with E-state index in [4.69, 9.17) is 43.9 Å². The Kier molecular flexibility index (Phi) is 7.26. The summed E-state index contributed by atoms with van der Waals surface area (Å²) in [6.07, 6.45) is 0.275. The number of halogens is 3. The summed E-state index contributed by atoms with van der Waals surface area (Å²) in [4.78, 5) is 10.4. The Bertz CT molecular complexity index is 261. The smallest absolute Gasteiger partial charge is 0.341 e. The van der Waals surface area contributed by atoms with E-state index in [1.54, 1.807) is 13.8 Å². The van der Waals surface area contributed by atoms with E-state index in [9.17, 15) is 9.36 Å². The molecule has 0 bridgehead atoms. The molecular formula is C7H13Cl3NO4P. The van der Waals surface area contributed by atoms with Crippen LogP contribution in [0, 0.1) is 0 Å². The van der Waals surface area contributed by atoms with Crippen molar-refractivity contribution < 1.29 is 18.4 Å². The second kappa shape index (κ2) is 7.04. The predicted octanol–water partition coefficient (Wildman–Crippen LogP) is 2.69. The maximum Gasteiger partial charge on any atom is 0.357 e. The Hall–Kier alpha value is 0.490. The number of amides is 1. The average Bonchev–Trinajstić information content (AvgIpc) is 2.13. The van der Waals surface area contributed by atoms with Gasteiger partial charge < -0.3 is 14.4 Å². The zero-order valence-corrected chi connectivity index (χ0v) is 11.9. The Morgan fingerprint density at radius 2 is 1.75 bits per heavy atom. The van der Waals surface area contributed by atoms with E-state index in [2.05, 4.69) is 5.32 Å². The number of carbonyl (C=O) groups is 1. The summed E-state index contributed by atoms with van der Waals surface area (Å²) in [5.74, 6) is -1.35. The first-order valence-electron chi connectivity index (χ1n) is 4.47. The van der Waals surface area contributed by atoms with Crippen molar-refractivity contribution in [3.63, 3.8) is 0 Å². The number of rotatable bonds is 7. The van der Waals surface area contributed by atoms with Gasteiger partial charge in [-0.3, -0.25) is 9.36 Å². The molecule has 1 amide bonds. The van der Waals surface area contributed by atoms with Crippen molar-refractivity contribution in [1.82, 2.24) is 5.32 Å². The Labute approximate surface area is 109 Å². The van der Waals surface area contributed by atoms with Gasteiger partial charge in [0.1, 0.15) is 0 Å². The molecule has 0 heterocycles. The molecule has 9 heteroatoms. The van der Waals surface area contributed by atoms with Crippen molar-refractivity contribution in [3.8, 4) is 0 Å². The Morgan fingerprint density at radius 3 is 2.00 bits per heavy atom. The molecule has 0 fully saturated rings. The highest BCUT2D eigenvalue weighted by Crippen LogP contribution is 2.58. The summed E-state index contributed by atoms with van der Waals surface area (Å²) in [5, 5.41) is 2.14. The van der Waals surface area contributed by atoms with Crippen LogP contribution < -0.4 is 5.32 Å². The lowest BCUT2D eigenvalue weighted by molar-refractivity contribution is -0.109. The van der Waals surface area contributed by atoms with Gasteiger partial charge in [0, 0.05) is 0 Å². The van der Waals surface area contributed by atoms with Gasteiger partial charge in [-0.15, -0.1) is 0 Å². The van der Waals surface area contributed by atoms with Gasteiger partial charge in [0.25, 0.3) is 0 Å². The second-order valence-electron chi connectivity index (χ2n) is 2.60. The zero-order valence-electron chi connectivity index (χ0n) is 8.78. The van der Waals surface area contributed by atoms with Crippen LogP contribution in [0.15, 0.2) is 0 Å². The molecule has 0 aromatic heterocycles. The summed E-state index contributed by atoms with van der Waals surface area (Å²) in [7, 11) is -3.71. The summed E-state index contributed by atoms with van der Waals surface area (Å²) >= 11 is 16.8. The molecule has 96 valence electrons. The van der Waals surface area contributed by atoms with Crippen LogP contribution in [0.25, 0.3) is 0 Å². The first-order valence-corrected chi connectivity index (χ1v) is 7.21. The standard InChI is InChI=1S/C7H13Cl3NO4P/c1-3-14-16(13,15-4-2)6(11-5-12)7(8,9)10/h5-6H,3-4H2,1-2H3,(H,11,12)/t6-/m1/s1. The molecule has 0 aromatic carbocycles. The van der Waals surface area contributed by atoms with Crippen LogP contribution in [0.1, 0.15) is 13.8 Å². The molecule has 0 aliphatic heterocycles. The molecule has 0 aliphatic rings. The van der Waals surface area contributed by atoms with E-state index in [0.29, 0.717) is 0 Å². The highest BCUT2D eigenvalue weighted by Gasteiger charge is 2.48. The lowest BCUT2D eigenvalue weighted by Crippen LogP contribution is -2.40. The van der Waals surface area contributed by atoms with E-state index < -0.39 is 17.2 Å². The van der Waals surface area contributed by atoms with Gasteiger partial charge >= 0.3 is 7.60 Å². The molecule has 5 nitrogen and oxygen atoms in total. The quantitative estimate of drug-likeness (QED) is 0.446. The minimum atomic E-state index is -3.71. The lowest BCUT2D eigenvalue weighted by atomic mass is 10.7. The van der Waals surface area contributed by atoms with Gasteiger partial charge in [0.2, 0.25) is 10.2 Å². The fourth-order valence-corrected chi connectivity index (χ4v) is 3.93. The Balaban J connectivity index is 5.09. The van der Waals surface area contributed by atoms with Crippen LogP contribution >= 0.6 is 42.4 Å². The highest BCUT2D eigenvalue weighted by molar-refractivity contribution is 7.55. The third kappa shape index (κ3) is 4.78. The fraction of sp³-hybridized carbons (Fsp3) is 0.857. The van der Waals surface area contributed by atoms with Gasteiger partial charge in [-0.2, -0.15) is 0 Å². The minimum absolute atomic E-state index is 0.106. The average molecular weight is 313 g/mol. The molecule has 0 radical (unpaired) electrons. The first-order chi connectivity index (χ1) is 7.31. The SMILES string of the molecule is CCOP(=O)(OCC)[C@@H](NC=O)C(Cl)(Cl)Cl. The van der Waals surface area contributed by atoms with Crippen molar-refractivity contribution in [2.24, 2.45) is 0 Å². The lowest BCUT2D eigenvalue weighted by Gasteiger charge is -2.30. The van der Waals surface area contributed by atoms with Crippen LogP contribution in [-0.4, -0.2) is 29.2 Å². The van der Waals surface area contributed by atoms with Gasteiger partial charge in [0.05, 0.1) is 13.2 Å². The van der Waals surface area contributed by atoms with E-state index in [1.165, 1.54) is 0 Å². The van der Waals surface area contributed by atoms with Crippen LogP contribution in [0.2, 0.25) is 0 Å². The third-order valence-electron chi connectivity index (χ3n) is 1.47. The molecule has 0 rings (SSSR count). The van der Waals surface area contributed by atoms with Gasteiger partial charge in [-0.25, -0.2) is 0 Å². The number of carbonyl (C=O) groups excluding carboxylic acids is 1. The number of hydrogen-bond donors (Lipinski definition) is 1. The van der Waals surface area contributed by atoms with Crippen molar-refractivity contribution in [1.29, 1.82) is 0 Å². The normalized spacial score (nSPS) is 14.6.